The van der Waals surface area contributed by atoms with Gasteiger partial charge in [-0.25, -0.2) is 0 Å². The SMILES string of the molecule is O=C1C[C@@H](c2ccc3ccccc3c2)C=C(c2ccccc2)O1. The highest BCUT2D eigenvalue weighted by Gasteiger charge is 2.23. The van der Waals surface area contributed by atoms with Gasteiger partial charge in [-0.15, -0.1) is 0 Å². The van der Waals surface area contributed by atoms with Crippen LogP contribution in [-0.2, 0) is 9.53 Å². The molecule has 0 radical (unpaired) electrons. The predicted octanol–water partition coefficient (Wildman–Crippen LogP) is 4.91. The molecule has 1 heterocycles. The molecule has 112 valence electrons. The predicted molar refractivity (Wildman–Crippen MR) is 91.8 cm³/mol. The molecule has 0 amide bonds. The van der Waals surface area contributed by atoms with Crippen LogP contribution in [0.3, 0.4) is 0 Å². The second-order valence-electron chi connectivity index (χ2n) is 5.79. The highest BCUT2D eigenvalue weighted by molar-refractivity contribution is 5.85. The fourth-order valence-electron chi connectivity index (χ4n) is 3.03. The Balaban J connectivity index is 1.75. The summed E-state index contributed by atoms with van der Waals surface area (Å²) in [6.45, 7) is 0. The first-order valence-electron chi connectivity index (χ1n) is 7.76. The van der Waals surface area contributed by atoms with E-state index in [2.05, 4.69) is 36.4 Å². The van der Waals surface area contributed by atoms with E-state index in [9.17, 15) is 4.79 Å². The summed E-state index contributed by atoms with van der Waals surface area (Å²) in [7, 11) is 0. The van der Waals surface area contributed by atoms with Gasteiger partial charge >= 0.3 is 5.97 Å². The number of ether oxygens (including phenoxy) is 1. The van der Waals surface area contributed by atoms with E-state index >= 15 is 0 Å². The van der Waals surface area contributed by atoms with Crippen LogP contribution in [0.2, 0.25) is 0 Å². The number of esters is 1. The van der Waals surface area contributed by atoms with E-state index in [4.69, 9.17) is 4.74 Å². The number of benzene rings is 3. The molecular formula is C21H16O2. The van der Waals surface area contributed by atoms with E-state index < -0.39 is 0 Å². The highest BCUT2D eigenvalue weighted by atomic mass is 16.5. The van der Waals surface area contributed by atoms with E-state index in [1.807, 2.05) is 42.5 Å². The van der Waals surface area contributed by atoms with Crippen LogP contribution in [0.25, 0.3) is 16.5 Å². The molecule has 2 nitrogen and oxygen atoms in total. The van der Waals surface area contributed by atoms with Crippen LogP contribution in [0, 0.1) is 0 Å². The molecule has 0 N–H and O–H groups in total. The number of allylic oxidation sites excluding steroid dienone is 1. The Kier molecular flexibility index (Phi) is 3.43. The molecule has 0 bridgehead atoms. The summed E-state index contributed by atoms with van der Waals surface area (Å²) < 4.78 is 5.43. The van der Waals surface area contributed by atoms with Crippen LogP contribution >= 0.6 is 0 Å². The van der Waals surface area contributed by atoms with Crippen molar-refractivity contribution in [2.24, 2.45) is 0 Å². The van der Waals surface area contributed by atoms with Crippen LogP contribution in [0.4, 0.5) is 0 Å². The molecule has 3 aromatic rings. The van der Waals surface area contributed by atoms with Gasteiger partial charge in [-0.05, 0) is 22.4 Å². The molecular weight excluding hydrogens is 284 g/mol. The maximum atomic E-state index is 12.0. The zero-order valence-electron chi connectivity index (χ0n) is 12.6. The van der Waals surface area contributed by atoms with E-state index in [1.165, 1.54) is 10.8 Å². The number of fused-ring (bicyclic) bond motifs is 1. The first-order valence-corrected chi connectivity index (χ1v) is 7.76. The molecule has 0 fully saturated rings. The van der Waals surface area contributed by atoms with Gasteiger partial charge in [0.2, 0.25) is 0 Å². The summed E-state index contributed by atoms with van der Waals surface area (Å²) in [6, 6.07) is 24.4. The zero-order chi connectivity index (χ0) is 15.6. The Bertz CT molecular complexity index is 894. The fraction of sp³-hybridized carbons (Fsp3) is 0.0952. The standard InChI is InChI=1S/C21H16O2/c22-21-14-19(13-20(23-21)16-7-2-1-3-8-16)18-11-10-15-6-4-5-9-17(15)12-18/h1-13,19H,14H2/t19-/m0/s1. The third-order valence-corrected chi connectivity index (χ3v) is 4.22. The summed E-state index contributed by atoms with van der Waals surface area (Å²) in [4.78, 5) is 12.0. The minimum Gasteiger partial charge on any atom is -0.426 e. The molecule has 1 atom stereocenters. The molecule has 0 spiro atoms. The molecule has 1 aliphatic rings. The van der Waals surface area contributed by atoms with E-state index in [0.717, 1.165) is 11.1 Å². The third-order valence-electron chi connectivity index (χ3n) is 4.22. The van der Waals surface area contributed by atoms with Crippen molar-refractivity contribution in [3.8, 4) is 0 Å². The van der Waals surface area contributed by atoms with Gasteiger partial charge in [0.15, 0.2) is 0 Å². The number of hydrogen-bond acceptors (Lipinski definition) is 2. The maximum absolute atomic E-state index is 12.0. The molecule has 4 rings (SSSR count). The van der Waals surface area contributed by atoms with Crippen LogP contribution in [0.15, 0.2) is 78.9 Å². The van der Waals surface area contributed by atoms with Gasteiger partial charge in [-0.2, -0.15) is 0 Å². The summed E-state index contributed by atoms with van der Waals surface area (Å²) in [5.74, 6) is 0.528. The van der Waals surface area contributed by atoms with Crippen molar-refractivity contribution < 1.29 is 9.53 Å². The number of rotatable bonds is 2. The number of cyclic esters (lactones) is 1. The molecule has 0 aliphatic carbocycles. The van der Waals surface area contributed by atoms with Gasteiger partial charge in [-0.1, -0.05) is 72.8 Å². The second kappa shape index (κ2) is 5.73. The van der Waals surface area contributed by atoms with E-state index in [1.54, 1.807) is 0 Å². The first-order chi connectivity index (χ1) is 11.3. The van der Waals surface area contributed by atoms with Crippen molar-refractivity contribution in [2.45, 2.75) is 12.3 Å². The quantitative estimate of drug-likeness (QED) is 0.628. The fourth-order valence-corrected chi connectivity index (χ4v) is 3.03. The summed E-state index contributed by atoms with van der Waals surface area (Å²) in [5, 5.41) is 2.40. The van der Waals surface area contributed by atoms with Crippen molar-refractivity contribution in [3.05, 3.63) is 90.0 Å². The minimum absolute atomic E-state index is 0.0519. The van der Waals surface area contributed by atoms with Gasteiger partial charge in [-0.3, -0.25) is 4.79 Å². The monoisotopic (exact) mass is 300 g/mol. The normalized spacial score (nSPS) is 17.7. The highest BCUT2D eigenvalue weighted by Crippen LogP contribution is 2.33. The Morgan fingerprint density at radius 2 is 1.57 bits per heavy atom. The third kappa shape index (κ3) is 2.76. The lowest BCUT2D eigenvalue weighted by atomic mass is 9.91. The van der Waals surface area contributed by atoms with Crippen LogP contribution < -0.4 is 0 Å². The average Bonchev–Trinajstić information content (AvgIpc) is 2.61. The first kappa shape index (κ1) is 13.8. The van der Waals surface area contributed by atoms with Crippen molar-refractivity contribution in [3.63, 3.8) is 0 Å². The van der Waals surface area contributed by atoms with Crippen LogP contribution in [-0.4, -0.2) is 5.97 Å². The summed E-state index contributed by atoms with van der Waals surface area (Å²) >= 11 is 0. The van der Waals surface area contributed by atoms with Crippen molar-refractivity contribution in [1.82, 2.24) is 0 Å². The van der Waals surface area contributed by atoms with Crippen molar-refractivity contribution in [1.29, 1.82) is 0 Å². The molecule has 0 saturated heterocycles. The maximum Gasteiger partial charge on any atom is 0.312 e. The van der Waals surface area contributed by atoms with E-state index in [0.29, 0.717) is 12.2 Å². The Hall–Kier alpha value is -2.87. The van der Waals surface area contributed by atoms with Crippen molar-refractivity contribution in [2.75, 3.05) is 0 Å². The number of hydrogen-bond donors (Lipinski definition) is 0. The molecule has 23 heavy (non-hydrogen) atoms. The van der Waals surface area contributed by atoms with Crippen LogP contribution in [0.1, 0.15) is 23.5 Å². The van der Waals surface area contributed by atoms with E-state index in [-0.39, 0.29) is 11.9 Å². The number of carbonyl (C=O) groups is 1. The smallest absolute Gasteiger partial charge is 0.312 e. The zero-order valence-corrected chi connectivity index (χ0v) is 12.6. The van der Waals surface area contributed by atoms with Gasteiger partial charge in [0.25, 0.3) is 0 Å². The molecule has 2 heteroatoms. The lowest BCUT2D eigenvalue weighted by molar-refractivity contribution is -0.137. The lowest BCUT2D eigenvalue weighted by Gasteiger charge is -2.21. The van der Waals surface area contributed by atoms with Crippen LogP contribution in [0.5, 0.6) is 0 Å². The van der Waals surface area contributed by atoms with Gasteiger partial charge in [0, 0.05) is 11.5 Å². The van der Waals surface area contributed by atoms with Crippen molar-refractivity contribution >= 4 is 22.5 Å². The average molecular weight is 300 g/mol. The molecule has 0 unspecified atom stereocenters. The summed E-state index contributed by atoms with van der Waals surface area (Å²) in [6.07, 6.45) is 2.44. The Labute approximate surface area is 135 Å². The molecule has 0 aromatic heterocycles. The van der Waals surface area contributed by atoms with Gasteiger partial charge in [0.05, 0.1) is 6.42 Å². The Morgan fingerprint density at radius 1 is 0.826 bits per heavy atom. The molecule has 0 saturated carbocycles. The van der Waals surface area contributed by atoms with Gasteiger partial charge < -0.3 is 4.74 Å². The number of carbonyl (C=O) groups excluding carboxylic acids is 1. The molecule has 3 aromatic carbocycles. The van der Waals surface area contributed by atoms with Gasteiger partial charge in [0.1, 0.15) is 5.76 Å². The molecule has 1 aliphatic heterocycles. The second-order valence-corrected chi connectivity index (χ2v) is 5.79. The topological polar surface area (TPSA) is 26.3 Å². The Morgan fingerprint density at radius 3 is 2.39 bits per heavy atom. The minimum atomic E-state index is -0.176. The lowest BCUT2D eigenvalue weighted by Crippen LogP contribution is -2.15. The largest absolute Gasteiger partial charge is 0.426 e. The summed E-state index contributed by atoms with van der Waals surface area (Å²) in [5.41, 5.74) is 2.08.